The molecule has 1 saturated carbocycles. The number of anilines is 1. The van der Waals surface area contributed by atoms with Crippen molar-refractivity contribution >= 4 is 17.0 Å². The fourth-order valence-electron chi connectivity index (χ4n) is 4.12. The van der Waals surface area contributed by atoms with Crippen molar-refractivity contribution in [3.8, 4) is 17.0 Å². The quantitative estimate of drug-likeness (QED) is 0.600. The van der Waals surface area contributed by atoms with Gasteiger partial charge in [0.05, 0.1) is 25.5 Å². The highest BCUT2D eigenvalue weighted by atomic mass is 19.3. The van der Waals surface area contributed by atoms with Crippen molar-refractivity contribution < 1.29 is 18.6 Å². The molecule has 0 unspecified atom stereocenters. The Bertz CT molecular complexity index is 1160. The van der Waals surface area contributed by atoms with Crippen LogP contribution in [0.25, 0.3) is 22.2 Å². The highest BCUT2D eigenvalue weighted by Crippen LogP contribution is 2.32. The second-order valence-electron chi connectivity index (χ2n) is 7.93. The van der Waals surface area contributed by atoms with Gasteiger partial charge in [0.25, 0.3) is 12.0 Å². The number of hydrogen-bond acceptors (Lipinski definition) is 7. The lowest BCUT2D eigenvalue weighted by Crippen LogP contribution is -2.31. The standard InChI is InChI=1S/C22H25F2N5O3/c1-12-16-9-17(13-3-8-19(32-2)25-10-13)21(31)29(14-4-6-15(30)7-5-14)20(16)28-22(27-12)26-11-18(23)24/h3,8-10,14-15,18,30H,4-7,11H2,1-2H3,(H,26,27,28)/t14-,15-. The lowest BCUT2D eigenvalue weighted by atomic mass is 9.92. The van der Waals surface area contributed by atoms with E-state index in [-0.39, 0.29) is 23.7 Å². The molecule has 0 amide bonds. The van der Waals surface area contributed by atoms with Crippen LogP contribution in [-0.2, 0) is 0 Å². The SMILES string of the molecule is COc1ccc(-c2cc3c(C)nc(NCC(F)F)nc3n([C@H]3CC[C@H](O)CC3)c2=O)cn1. The van der Waals surface area contributed by atoms with E-state index in [1.54, 1.807) is 35.9 Å². The van der Waals surface area contributed by atoms with Crippen molar-refractivity contribution in [1.29, 1.82) is 0 Å². The van der Waals surface area contributed by atoms with Crippen LogP contribution in [0, 0.1) is 6.92 Å². The molecule has 4 rings (SSSR count). The maximum absolute atomic E-state index is 13.6. The number of nitrogens with zero attached hydrogens (tertiary/aromatic N) is 4. The van der Waals surface area contributed by atoms with Gasteiger partial charge in [-0.25, -0.2) is 18.7 Å². The number of hydrogen-bond donors (Lipinski definition) is 2. The zero-order valence-corrected chi connectivity index (χ0v) is 17.9. The molecular weight excluding hydrogens is 420 g/mol. The Labute approximate surface area is 183 Å². The average Bonchev–Trinajstić information content (AvgIpc) is 2.78. The van der Waals surface area contributed by atoms with Gasteiger partial charge in [-0.15, -0.1) is 0 Å². The van der Waals surface area contributed by atoms with Crippen LogP contribution in [0.1, 0.15) is 37.4 Å². The zero-order chi connectivity index (χ0) is 22.8. The smallest absolute Gasteiger partial charge is 0.260 e. The minimum absolute atomic E-state index is 0.0539. The van der Waals surface area contributed by atoms with E-state index in [9.17, 15) is 18.7 Å². The lowest BCUT2D eigenvalue weighted by Gasteiger charge is -2.28. The summed E-state index contributed by atoms with van der Waals surface area (Å²) in [6.07, 6.45) is 1.02. The van der Waals surface area contributed by atoms with E-state index in [1.807, 2.05) is 0 Å². The molecule has 0 aromatic carbocycles. The topological polar surface area (TPSA) is 102 Å². The van der Waals surface area contributed by atoms with Crippen molar-refractivity contribution in [2.24, 2.45) is 0 Å². The molecule has 0 radical (unpaired) electrons. The largest absolute Gasteiger partial charge is 0.481 e. The number of methoxy groups -OCH3 is 1. The summed E-state index contributed by atoms with van der Waals surface area (Å²) >= 11 is 0. The zero-order valence-electron chi connectivity index (χ0n) is 17.9. The molecule has 10 heteroatoms. The second-order valence-corrected chi connectivity index (χ2v) is 7.93. The molecule has 1 fully saturated rings. The van der Waals surface area contributed by atoms with Gasteiger partial charge in [0.2, 0.25) is 11.8 Å². The molecule has 1 aliphatic rings. The first-order valence-corrected chi connectivity index (χ1v) is 10.5. The summed E-state index contributed by atoms with van der Waals surface area (Å²) in [5, 5.41) is 13.1. The van der Waals surface area contributed by atoms with Crippen LogP contribution >= 0.6 is 0 Å². The van der Waals surface area contributed by atoms with E-state index in [1.165, 1.54) is 7.11 Å². The van der Waals surface area contributed by atoms with Crippen molar-refractivity contribution in [3.63, 3.8) is 0 Å². The molecule has 3 aromatic heterocycles. The normalized spacial score (nSPS) is 18.8. The van der Waals surface area contributed by atoms with Crippen LogP contribution in [0.5, 0.6) is 5.88 Å². The predicted molar refractivity (Wildman–Crippen MR) is 116 cm³/mol. The molecule has 3 aromatic rings. The van der Waals surface area contributed by atoms with Crippen LogP contribution < -0.4 is 15.6 Å². The van der Waals surface area contributed by atoms with Crippen molar-refractivity contribution in [3.05, 3.63) is 40.4 Å². The van der Waals surface area contributed by atoms with Crippen molar-refractivity contribution in [2.75, 3.05) is 19.0 Å². The molecule has 1 aliphatic carbocycles. The van der Waals surface area contributed by atoms with E-state index < -0.39 is 13.0 Å². The first kappa shape index (κ1) is 22.1. The number of aryl methyl sites for hydroxylation is 1. The first-order chi connectivity index (χ1) is 15.4. The molecule has 0 saturated heterocycles. The third-order valence-corrected chi connectivity index (χ3v) is 5.78. The second kappa shape index (κ2) is 9.15. The van der Waals surface area contributed by atoms with Crippen LogP contribution in [0.15, 0.2) is 29.2 Å². The highest BCUT2D eigenvalue weighted by molar-refractivity contribution is 5.84. The maximum Gasteiger partial charge on any atom is 0.260 e. The molecule has 0 atom stereocenters. The number of aromatic nitrogens is 4. The van der Waals surface area contributed by atoms with Crippen molar-refractivity contribution in [2.45, 2.75) is 51.2 Å². The number of ether oxygens (including phenoxy) is 1. The summed E-state index contributed by atoms with van der Waals surface area (Å²) in [5.74, 6) is 0.489. The van der Waals surface area contributed by atoms with E-state index in [0.717, 1.165) is 0 Å². The summed E-state index contributed by atoms with van der Waals surface area (Å²) in [5.41, 5.74) is 1.79. The first-order valence-electron chi connectivity index (χ1n) is 10.5. The van der Waals surface area contributed by atoms with Crippen LogP contribution in [0.3, 0.4) is 0 Å². The van der Waals surface area contributed by atoms with Crippen molar-refractivity contribution in [1.82, 2.24) is 19.5 Å². The van der Waals surface area contributed by atoms with Gasteiger partial charge in [-0.2, -0.15) is 4.98 Å². The number of nitrogens with one attached hydrogen (secondary N) is 1. The Kier molecular flexibility index (Phi) is 6.31. The molecule has 0 aliphatic heterocycles. The van der Waals surface area contributed by atoms with E-state index in [2.05, 4.69) is 20.3 Å². The van der Waals surface area contributed by atoms with Gasteiger partial charge >= 0.3 is 0 Å². The minimum atomic E-state index is -2.55. The summed E-state index contributed by atoms with van der Waals surface area (Å²) in [6.45, 7) is 1.17. The van der Waals surface area contributed by atoms with E-state index >= 15 is 0 Å². The fraction of sp³-hybridized carbons (Fsp3) is 0.455. The summed E-state index contributed by atoms with van der Waals surface area (Å²) in [6, 6.07) is 5.00. The fourth-order valence-corrected chi connectivity index (χ4v) is 4.12. The lowest BCUT2D eigenvalue weighted by molar-refractivity contribution is 0.111. The van der Waals surface area contributed by atoms with Gasteiger partial charge in [0.15, 0.2) is 0 Å². The molecule has 2 N–H and O–H groups in total. The molecular formula is C22H25F2N5O3. The summed E-state index contributed by atoms with van der Waals surface area (Å²) in [4.78, 5) is 26.6. The molecule has 3 heterocycles. The van der Waals surface area contributed by atoms with Gasteiger partial charge in [0, 0.05) is 34.8 Å². The van der Waals surface area contributed by atoms with E-state index in [0.29, 0.717) is 59.4 Å². The maximum atomic E-state index is 13.6. The third kappa shape index (κ3) is 4.40. The van der Waals surface area contributed by atoms with Gasteiger partial charge in [-0.3, -0.25) is 9.36 Å². The molecule has 0 spiro atoms. The molecule has 0 bridgehead atoms. The Morgan fingerprint density at radius 3 is 2.62 bits per heavy atom. The number of aliphatic hydroxyl groups excluding tert-OH is 1. The third-order valence-electron chi connectivity index (χ3n) is 5.78. The Hall–Kier alpha value is -3.14. The number of aliphatic hydroxyl groups is 1. The minimum Gasteiger partial charge on any atom is -0.481 e. The Balaban J connectivity index is 1.90. The summed E-state index contributed by atoms with van der Waals surface area (Å²) < 4.78 is 32.1. The van der Waals surface area contributed by atoms with E-state index in [4.69, 9.17) is 4.74 Å². The van der Waals surface area contributed by atoms with Crippen LogP contribution in [0.2, 0.25) is 0 Å². The number of fused-ring (bicyclic) bond motifs is 1. The number of alkyl halides is 2. The van der Waals surface area contributed by atoms with Gasteiger partial charge in [0.1, 0.15) is 5.65 Å². The summed E-state index contributed by atoms with van der Waals surface area (Å²) in [7, 11) is 1.52. The number of rotatable bonds is 6. The average molecular weight is 445 g/mol. The van der Waals surface area contributed by atoms with Crippen LogP contribution in [-0.4, -0.2) is 50.8 Å². The monoisotopic (exact) mass is 445 g/mol. The molecule has 170 valence electrons. The van der Waals surface area contributed by atoms with Crippen LogP contribution in [0.4, 0.5) is 14.7 Å². The Morgan fingerprint density at radius 1 is 1.25 bits per heavy atom. The van der Waals surface area contributed by atoms with Gasteiger partial charge < -0.3 is 15.2 Å². The van der Waals surface area contributed by atoms with Gasteiger partial charge in [-0.05, 0) is 44.7 Å². The van der Waals surface area contributed by atoms with Gasteiger partial charge in [-0.1, -0.05) is 0 Å². The molecule has 32 heavy (non-hydrogen) atoms. The number of halogens is 2. The number of pyridine rings is 2. The Morgan fingerprint density at radius 2 is 2.00 bits per heavy atom. The molecule has 8 nitrogen and oxygen atoms in total. The predicted octanol–water partition coefficient (Wildman–Crippen LogP) is 3.32. The highest BCUT2D eigenvalue weighted by Gasteiger charge is 2.26.